The quantitative estimate of drug-likeness (QED) is 0.423. The Morgan fingerprint density at radius 1 is 0.917 bits per heavy atom. The van der Waals surface area contributed by atoms with Gasteiger partial charge in [-0.05, 0) is 50.9 Å². The lowest BCUT2D eigenvalue weighted by atomic mass is 9.88. The van der Waals surface area contributed by atoms with Crippen molar-refractivity contribution in [2.45, 2.75) is 91.1 Å². The normalized spacial score (nSPS) is 18.0. The van der Waals surface area contributed by atoms with E-state index in [1.165, 1.54) is 0 Å². The minimum absolute atomic E-state index is 0.0377. The second kappa shape index (κ2) is 12.8. The van der Waals surface area contributed by atoms with E-state index in [-0.39, 0.29) is 24.9 Å². The van der Waals surface area contributed by atoms with Gasteiger partial charge in [-0.2, -0.15) is 0 Å². The van der Waals surface area contributed by atoms with Gasteiger partial charge in [-0.1, -0.05) is 40.0 Å². The molecule has 0 fully saturated rings. The van der Waals surface area contributed by atoms with Gasteiger partial charge in [0.2, 0.25) is 0 Å². The molecule has 1 unspecified atom stereocenters. The van der Waals surface area contributed by atoms with Gasteiger partial charge >= 0.3 is 0 Å². The van der Waals surface area contributed by atoms with Crippen molar-refractivity contribution in [2.24, 2.45) is 17.8 Å². The predicted molar refractivity (Wildman–Crippen MR) is 98.8 cm³/mol. The van der Waals surface area contributed by atoms with E-state index in [0.717, 1.165) is 44.9 Å². The summed E-state index contributed by atoms with van der Waals surface area (Å²) in [6.45, 7) is 8.28. The Morgan fingerprint density at radius 3 is 1.96 bits per heavy atom. The molecule has 4 heteroatoms. The number of carbonyl (C=O) groups excluding carboxylic acids is 1. The molecule has 0 rings (SSSR count). The van der Waals surface area contributed by atoms with E-state index >= 15 is 0 Å². The second-order valence-corrected chi connectivity index (χ2v) is 8.09. The number of Topliss-reactive ketones (excluding diaryl/α,β-unsaturated/α-hetero) is 1. The number of rotatable bonds is 15. The van der Waals surface area contributed by atoms with Crippen molar-refractivity contribution in [3.63, 3.8) is 0 Å². The molecule has 3 N–H and O–H groups in total. The fourth-order valence-electron chi connectivity index (χ4n) is 3.01. The van der Waals surface area contributed by atoms with Gasteiger partial charge in [-0.3, -0.25) is 4.79 Å². The smallest absolute Gasteiger partial charge is 0.135 e. The number of carbonyl (C=O) groups is 1. The van der Waals surface area contributed by atoms with Crippen LogP contribution in [-0.2, 0) is 4.79 Å². The minimum atomic E-state index is -0.625. The maximum atomic E-state index is 11.9. The summed E-state index contributed by atoms with van der Waals surface area (Å²) in [7, 11) is 0. The summed E-state index contributed by atoms with van der Waals surface area (Å²) in [6, 6.07) is 0. The van der Waals surface area contributed by atoms with Crippen LogP contribution in [0.4, 0.5) is 0 Å². The largest absolute Gasteiger partial charge is 0.396 e. The third-order valence-corrected chi connectivity index (χ3v) is 5.13. The highest BCUT2D eigenvalue weighted by molar-refractivity contribution is 5.80. The van der Waals surface area contributed by atoms with E-state index in [1.54, 1.807) is 0 Å². The maximum Gasteiger partial charge on any atom is 0.135 e. The van der Waals surface area contributed by atoms with E-state index in [0.29, 0.717) is 24.7 Å². The highest BCUT2D eigenvalue weighted by atomic mass is 16.3. The van der Waals surface area contributed by atoms with Gasteiger partial charge in [0.05, 0.1) is 5.60 Å². The minimum Gasteiger partial charge on any atom is -0.396 e. The molecule has 0 aliphatic rings. The zero-order valence-corrected chi connectivity index (χ0v) is 16.3. The molecule has 0 saturated heterocycles. The first-order valence-electron chi connectivity index (χ1n) is 9.68. The van der Waals surface area contributed by atoms with Crippen molar-refractivity contribution < 1.29 is 20.1 Å². The average molecular weight is 345 g/mol. The van der Waals surface area contributed by atoms with Gasteiger partial charge < -0.3 is 15.3 Å². The van der Waals surface area contributed by atoms with E-state index < -0.39 is 5.60 Å². The third-order valence-electron chi connectivity index (χ3n) is 5.13. The molecule has 0 aromatic rings. The van der Waals surface area contributed by atoms with Crippen LogP contribution in [-0.4, -0.2) is 39.9 Å². The molecule has 0 spiro atoms. The number of aliphatic hydroxyl groups excluding tert-OH is 2. The van der Waals surface area contributed by atoms with Crippen LogP contribution in [0.15, 0.2) is 0 Å². The van der Waals surface area contributed by atoms with E-state index in [4.69, 9.17) is 10.2 Å². The van der Waals surface area contributed by atoms with Gasteiger partial charge in [0.1, 0.15) is 5.78 Å². The van der Waals surface area contributed by atoms with Crippen molar-refractivity contribution in [1.29, 1.82) is 0 Å². The van der Waals surface area contributed by atoms with E-state index in [9.17, 15) is 9.90 Å². The fourth-order valence-corrected chi connectivity index (χ4v) is 3.01. The summed E-state index contributed by atoms with van der Waals surface area (Å²) < 4.78 is 0. The molecule has 0 aromatic heterocycles. The molecule has 0 heterocycles. The molecule has 4 nitrogen and oxygen atoms in total. The lowest BCUT2D eigenvalue weighted by Gasteiger charge is -2.24. The van der Waals surface area contributed by atoms with Gasteiger partial charge in [0, 0.05) is 25.6 Å². The van der Waals surface area contributed by atoms with Crippen LogP contribution in [0.5, 0.6) is 0 Å². The van der Waals surface area contributed by atoms with Crippen LogP contribution in [0, 0.1) is 17.8 Å². The highest BCUT2D eigenvalue weighted by Gasteiger charge is 2.20. The van der Waals surface area contributed by atoms with Crippen LogP contribution >= 0.6 is 0 Å². The summed E-state index contributed by atoms with van der Waals surface area (Å²) in [5, 5.41) is 28.3. The zero-order chi connectivity index (χ0) is 18.6. The lowest BCUT2D eigenvalue weighted by Crippen LogP contribution is -2.24. The summed E-state index contributed by atoms with van der Waals surface area (Å²) in [4.78, 5) is 11.9. The molecule has 0 bridgehead atoms. The summed E-state index contributed by atoms with van der Waals surface area (Å²) in [5.74, 6) is 1.01. The summed E-state index contributed by atoms with van der Waals surface area (Å²) in [5.41, 5.74) is -0.625. The molecule has 0 amide bonds. The van der Waals surface area contributed by atoms with E-state index in [2.05, 4.69) is 6.92 Å². The molecule has 0 aliphatic heterocycles. The number of hydrogen-bond donors (Lipinski definition) is 3. The zero-order valence-electron chi connectivity index (χ0n) is 16.3. The molecule has 0 radical (unpaired) electrons. The van der Waals surface area contributed by atoms with Crippen LogP contribution in [0.25, 0.3) is 0 Å². The molecule has 24 heavy (non-hydrogen) atoms. The number of hydrogen-bond acceptors (Lipinski definition) is 4. The van der Waals surface area contributed by atoms with Crippen molar-refractivity contribution in [3.05, 3.63) is 0 Å². The first kappa shape index (κ1) is 23.5. The van der Waals surface area contributed by atoms with Crippen molar-refractivity contribution >= 4 is 5.78 Å². The molecule has 0 saturated carbocycles. The Kier molecular flexibility index (Phi) is 12.6. The topological polar surface area (TPSA) is 77.8 Å². The monoisotopic (exact) mass is 344 g/mol. The van der Waals surface area contributed by atoms with Crippen LogP contribution in [0.2, 0.25) is 0 Å². The summed E-state index contributed by atoms with van der Waals surface area (Å²) >= 11 is 0. The Bertz CT molecular complexity index is 328. The van der Waals surface area contributed by atoms with E-state index in [1.807, 2.05) is 20.8 Å². The predicted octanol–water partition coefficient (Wildman–Crippen LogP) is 3.71. The number of aliphatic hydroxyl groups is 3. The van der Waals surface area contributed by atoms with Crippen LogP contribution in [0.3, 0.4) is 0 Å². The molecule has 4 atom stereocenters. The fraction of sp³-hybridized carbons (Fsp3) is 0.950. The Hall–Kier alpha value is -0.450. The van der Waals surface area contributed by atoms with Crippen LogP contribution in [0.1, 0.15) is 85.5 Å². The molecule has 0 aromatic carbocycles. The third kappa shape index (κ3) is 12.0. The second-order valence-electron chi connectivity index (χ2n) is 8.09. The summed E-state index contributed by atoms with van der Waals surface area (Å²) in [6.07, 6.45) is 7.53. The Balaban J connectivity index is 3.85. The highest BCUT2D eigenvalue weighted by Crippen LogP contribution is 2.24. The molecule has 0 aliphatic carbocycles. The molecule has 144 valence electrons. The number of ketones is 1. The van der Waals surface area contributed by atoms with Gasteiger partial charge in [-0.25, -0.2) is 0 Å². The Labute approximate surface area is 148 Å². The van der Waals surface area contributed by atoms with Gasteiger partial charge in [-0.15, -0.1) is 0 Å². The Morgan fingerprint density at radius 2 is 1.46 bits per heavy atom. The van der Waals surface area contributed by atoms with Crippen LogP contribution < -0.4 is 0 Å². The average Bonchev–Trinajstić information content (AvgIpc) is 2.52. The SMILES string of the molecule is CC(CCC[C@](C)(O)CCC[C@H](C)CO)CCC(=O)[C@@H](C)CCO. The van der Waals surface area contributed by atoms with Crippen molar-refractivity contribution in [3.8, 4) is 0 Å². The van der Waals surface area contributed by atoms with Gasteiger partial charge in [0.25, 0.3) is 0 Å². The van der Waals surface area contributed by atoms with Gasteiger partial charge in [0.15, 0.2) is 0 Å². The van der Waals surface area contributed by atoms with Crippen molar-refractivity contribution in [1.82, 2.24) is 0 Å². The maximum absolute atomic E-state index is 11.9. The first-order chi connectivity index (χ1) is 11.2. The first-order valence-corrected chi connectivity index (χ1v) is 9.68. The molecular formula is C20H40O4. The molecular weight excluding hydrogens is 304 g/mol. The van der Waals surface area contributed by atoms with Crippen molar-refractivity contribution in [2.75, 3.05) is 13.2 Å². The standard InChI is InChI=1S/C20H40O4/c1-16(9-10-19(23)18(3)11-14-21)7-5-12-20(4,24)13-6-8-17(2)15-22/h16-18,21-22,24H,5-15H2,1-4H3/t16?,17-,18-,20-/m0/s1. The lowest BCUT2D eigenvalue weighted by molar-refractivity contribution is -0.123.